The van der Waals surface area contributed by atoms with Crippen LogP contribution in [0.5, 0.6) is 0 Å². The third kappa shape index (κ3) is 0.577. The first-order valence-electron chi connectivity index (χ1n) is 11.2. The van der Waals surface area contributed by atoms with Crippen molar-refractivity contribution in [2.75, 3.05) is 0 Å². The summed E-state index contributed by atoms with van der Waals surface area (Å²) in [6.07, 6.45) is 0.388. The molecule has 4 nitrogen and oxygen atoms in total. The highest BCUT2D eigenvalue weighted by molar-refractivity contribution is 9.10. The van der Waals surface area contributed by atoms with E-state index in [2.05, 4.69) is 15.9 Å². The van der Waals surface area contributed by atoms with Crippen LogP contribution in [-0.2, 0) is 19.1 Å². The zero-order valence-corrected chi connectivity index (χ0v) is 15.9. The second-order valence-electron chi connectivity index (χ2n) is 12.6. The van der Waals surface area contributed by atoms with Gasteiger partial charge < -0.3 is 9.47 Å². The molecule has 14 rings (SSSR count). The van der Waals surface area contributed by atoms with E-state index in [0.717, 1.165) is 0 Å². The lowest BCUT2D eigenvalue weighted by molar-refractivity contribution is -0.157. The number of hydrogen-bond donors (Lipinski definition) is 0. The summed E-state index contributed by atoms with van der Waals surface area (Å²) in [5.74, 6) is 8.28. The number of carbonyl (C=O) groups excluding carboxylic acids is 2. The molecule has 10 aliphatic carbocycles. The van der Waals surface area contributed by atoms with E-state index in [0.29, 0.717) is 82.3 Å². The van der Waals surface area contributed by atoms with Crippen LogP contribution >= 0.6 is 15.9 Å². The summed E-state index contributed by atoms with van der Waals surface area (Å²) in [5.41, 5.74) is 0.589. The molecule has 4 heterocycles. The maximum atomic E-state index is 13.4. The zero-order valence-electron chi connectivity index (χ0n) is 14.3. The van der Waals surface area contributed by atoms with Crippen molar-refractivity contribution >= 4 is 27.9 Å². The molecule has 0 N–H and O–H groups in total. The van der Waals surface area contributed by atoms with Crippen molar-refractivity contribution in [3.63, 3.8) is 0 Å². The molecule has 10 bridgehead atoms. The van der Waals surface area contributed by atoms with Crippen molar-refractivity contribution < 1.29 is 19.1 Å². The van der Waals surface area contributed by atoms with Crippen molar-refractivity contribution in [2.45, 2.75) is 16.5 Å². The molecule has 0 aromatic carbocycles. The highest BCUT2D eigenvalue weighted by atomic mass is 79.9. The maximum absolute atomic E-state index is 13.4. The molecule has 14 aliphatic rings. The van der Waals surface area contributed by atoms with Gasteiger partial charge in [0.2, 0.25) is 0 Å². The minimum atomic E-state index is 0.0678. The number of fused-ring (bicyclic) bond motifs is 2. The van der Waals surface area contributed by atoms with Crippen molar-refractivity contribution in [3.8, 4) is 0 Å². The molecule has 0 amide bonds. The molecule has 14 fully saturated rings. The Hall–Kier alpha value is -0.580. The average molecular weight is 425 g/mol. The zero-order chi connectivity index (χ0) is 16.9. The first kappa shape index (κ1) is 12.2. The summed E-state index contributed by atoms with van der Waals surface area (Å²) in [7, 11) is 0. The molecule has 5 heteroatoms. The third-order valence-corrected chi connectivity index (χ3v) is 15.9. The smallest absolute Gasteiger partial charge is 0.309 e. The van der Waals surface area contributed by atoms with Gasteiger partial charge in [0.1, 0.15) is 12.2 Å². The van der Waals surface area contributed by atoms with Crippen LogP contribution in [0.2, 0.25) is 0 Å². The van der Waals surface area contributed by atoms with Crippen LogP contribution in [0.15, 0.2) is 0 Å². The van der Waals surface area contributed by atoms with Gasteiger partial charge in [-0.1, -0.05) is 15.9 Å². The van der Waals surface area contributed by atoms with Crippen LogP contribution in [-0.4, -0.2) is 28.5 Å². The van der Waals surface area contributed by atoms with Gasteiger partial charge in [0.05, 0.1) is 11.8 Å². The number of halogens is 1. The Morgan fingerprint density at radius 1 is 0.630 bits per heavy atom. The van der Waals surface area contributed by atoms with Crippen molar-refractivity contribution in [1.82, 2.24) is 0 Å². The molecule has 27 heavy (non-hydrogen) atoms. The quantitative estimate of drug-likeness (QED) is 0.434. The molecule has 10 saturated carbocycles. The lowest BCUT2D eigenvalue weighted by atomic mass is 9.51. The number of carbonyl (C=O) groups is 2. The number of esters is 2. The van der Waals surface area contributed by atoms with E-state index in [4.69, 9.17) is 9.47 Å². The van der Waals surface area contributed by atoms with E-state index >= 15 is 0 Å². The second-order valence-corrected chi connectivity index (χ2v) is 13.9. The van der Waals surface area contributed by atoms with Gasteiger partial charge >= 0.3 is 11.9 Å². The molecule has 4 saturated heterocycles. The van der Waals surface area contributed by atoms with Crippen LogP contribution in [0.4, 0.5) is 0 Å². The predicted molar refractivity (Wildman–Crippen MR) is 88.6 cm³/mol. The van der Waals surface area contributed by atoms with Crippen LogP contribution in [0.1, 0.15) is 0 Å². The number of ether oxygens (including phenoxy) is 2. The summed E-state index contributed by atoms with van der Waals surface area (Å²) in [5, 5.41) is 0. The van der Waals surface area contributed by atoms with Crippen molar-refractivity contribution in [2.24, 2.45) is 99.6 Å². The highest BCUT2D eigenvalue weighted by Crippen LogP contribution is 3.10. The van der Waals surface area contributed by atoms with E-state index in [1.54, 1.807) is 0 Å². The van der Waals surface area contributed by atoms with Gasteiger partial charge in [0.15, 0.2) is 0 Å². The SMILES string of the molecule is O=C1OC2C3C4C5C2C2(Br)C6C1C1C7C6C6C8C(=O)OC9C4C(C87)(C31)C62C95. The molecule has 20 atom stereocenters. The van der Waals surface area contributed by atoms with E-state index in [1.807, 2.05) is 0 Å². The molecule has 2 spiro atoms. The second kappa shape index (κ2) is 2.60. The average Bonchev–Trinajstić information content (AvgIpc) is 3.37. The minimum absolute atomic E-state index is 0.0678. The Labute approximate surface area is 163 Å². The van der Waals surface area contributed by atoms with Gasteiger partial charge in [-0.2, -0.15) is 0 Å². The Balaban J connectivity index is 1.44. The fourth-order valence-electron chi connectivity index (χ4n) is 16.1. The Morgan fingerprint density at radius 3 is 2.26 bits per heavy atom. The monoisotopic (exact) mass is 424 g/mol. The first-order chi connectivity index (χ1) is 13.1. The molecule has 20 unspecified atom stereocenters. The first-order valence-corrected chi connectivity index (χ1v) is 12.0. The lowest BCUT2D eigenvalue weighted by Gasteiger charge is -2.53. The van der Waals surface area contributed by atoms with Crippen LogP contribution in [0.25, 0.3) is 0 Å². The number of alkyl halides is 1. The highest BCUT2D eigenvalue weighted by Gasteiger charge is 3.12. The molecule has 4 aliphatic heterocycles. The maximum Gasteiger partial charge on any atom is 0.309 e. The molecular weight excluding hydrogens is 408 g/mol. The third-order valence-electron chi connectivity index (χ3n) is 14.2. The summed E-state index contributed by atoms with van der Waals surface area (Å²) < 4.78 is 12.9. The molecule has 136 valence electrons. The standard InChI is InChI=1S/C22H17BrO4/c23-22-12-4-1-2-7(12)18(24)26-16-6-3-5(15(16)22)14-17-13(3)20(9(2)6)10(1)8(19(25)27-17)11(4)21(14,20)22/h1-17H. The largest absolute Gasteiger partial charge is 0.461 e. The van der Waals surface area contributed by atoms with Gasteiger partial charge in [-0.05, 0) is 58.7 Å². The summed E-state index contributed by atoms with van der Waals surface area (Å²) in [4.78, 5) is 26.8. The van der Waals surface area contributed by atoms with E-state index in [9.17, 15) is 9.59 Å². The van der Waals surface area contributed by atoms with Crippen molar-refractivity contribution in [1.29, 1.82) is 0 Å². The fraction of sp³-hybridized carbons (Fsp3) is 0.909. The van der Waals surface area contributed by atoms with Crippen molar-refractivity contribution in [3.05, 3.63) is 0 Å². The molecule has 0 aromatic heterocycles. The topological polar surface area (TPSA) is 52.6 Å². The Bertz CT molecular complexity index is 1070. The summed E-state index contributed by atoms with van der Waals surface area (Å²) in [6.45, 7) is 0. The Morgan fingerprint density at radius 2 is 1.37 bits per heavy atom. The lowest BCUT2D eigenvalue weighted by Crippen LogP contribution is -2.55. The van der Waals surface area contributed by atoms with Crippen LogP contribution in [0, 0.1) is 99.6 Å². The number of hydrogen-bond acceptors (Lipinski definition) is 4. The van der Waals surface area contributed by atoms with E-state index in [1.165, 1.54) is 0 Å². The van der Waals surface area contributed by atoms with E-state index < -0.39 is 0 Å². The molecule has 0 radical (unpaired) electrons. The Kier molecular flexibility index (Phi) is 1.17. The van der Waals surface area contributed by atoms with Gasteiger partial charge in [-0.3, -0.25) is 9.59 Å². The summed E-state index contributed by atoms with van der Waals surface area (Å²) in [6, 6.07) is 0. The molecular formula is C22H17BrO4. The van der Waals surface area contributed by atoms with Crippen LogP contribution < -0.4 is 0 Å². The predicted octanol–water partition coefficient (Wildman–Crippen LogP) is 1.32. The minimum Gasteiger partial charge on any atom is -0.461 e. The fourth-order valence-corrected chi connectivity index (χ4v) is 18.1. The van der Waals surface area contributed by atoms with Gasteiger partial charge in [0.25, 0.3) is 0 Å². The van der Waals surface area contributed by atoms with Gasteiger partial charge in [0, 0.05) is 33.4 Å². The van der Waals surface area contributed by atoms with Gasteiger partial charge in [-0.25, -0.2) is 0 Å². The van der Waals surface area contributed by atoms with Gasteiger partial charge in [-0.15, -0.1) is 0 Å². The van der Waals surface area contributed by atoms with Crippen LogP contribution in [0.3, 0.4) is 0 Å². The number of rotatable bonds is 0. The summed E-state index contributed by atoms with van der Waals surface area (Å²) >= 11 is 4.56. The van der Waals surface area contributed by atoms with E-state index in [-0.39, 0.29) is 45.7 Å². The normalized spacial score (nSPS) is 93.4. The molecule has 0 aromatic rings.